The van der Waals surface area contributed by atoms with Crippen LogP contribution in [0.4, 0.5) is 5.95 Å². The molecule has 1 saturated carbocycles. The lowest BCUT2D eigenvalue weighted by molar-refractivity contribution is 0.0950. The van der Waals surface area contributed by atoms with Gasteiger partial charge in [-0.1, -0.05) is 37.8 Å². The molecule has 1 aliphatic rings. The summed E-state index contributed by atoms with van der Waals surface area (Å²) in [6.45, 7) is 0.449. The maximum Gasteiger partial charge on any atom is 0.254 e. The minimum Gasteiger partial charge on any atom is -0.497 e. The zero-order chi connectivity index (χ0) is 18.2. The normalized spacial score (nSPS) is 15.1. The second-order valence-corrected chi connectivity index (χ2v) is 6.66. The van der Waals surface area contributed by atoms with Gasteiger partial charge in [-0.05, 0) is 30.5 Å². The second-order valence-electron chi connectivity index (χ2n) is 6.66. The molecule has 0 aliphatic heterocycles. The number of ether oxygens (including phenoxy) is 1. The fourth-order valence-electron chi connectivity index (χ4n) is 3.15. The van der Waals surface area contributed by atoms with Crippen molar-refractivity contribution >= 4 is 11.9 Å². The Labute approximate surface area is 154 Å². The highest BCUT2D eigenvalue weighted by molar-refractivity contribution is 5.93. The molecule has 1 amide bonds. The zero-order valence-electron chi connectivity index (χ0n) is 15.2. The quantitative estimate of drug-likeness (QED) is 0.776. The third kappa shape index (κ3) is 5.18. The largest absolute Gasteiger partial charge is 0.497 e. The average molecular weight is 354 g/mol. The highest BCUT2D eigenvalue weighted by Gasteiger charge is 2.13. The first kappa shape index (κ1) is 18.2. The van der Waals surface area contributed by atoms with E-state index in [1.54, 1.807) is 19.5 Å². The predicted octanol–water partition coefficient (Wildman–Crippen LogP) is 3.55. The number of carbonyl (C=O) groups is 1. The molecule has 0 unspecified atom stereocenters. The molecule has 0 atom stereocenters. The van der Waals surface area contributed by atoms with Crippen molar-refractivity contribution in [1.29, 1.82) is 0 Å². The van der Waals surface area contributed by atoms with E-state index in [9.17, 15) is 4.79 Å². The number of amides is 1. The van der Waals surface area contributed by atoms with Crippen molar-refractivity contribution in [2.75, 3.05) is 12.4 Å². The van der Waals surface area contributed by atoms with Gasteiger partial charge in [0.05, 0.1) is 12.7 Å². The van der Waals surface area contributed by atoms with Crippen molar-refractivity contribution in [3.8, 4) is 5.75 Å². The minimum absolute atomic E-state index is 0.179. The number of aromatic nitrogens is 2. The molecule has 6 nitrogen and oxygen atoms in total. The predicted molar refractivity (Wildman–Crippen MR) is 101 cm³/mol. The van der Waals surface area contributed by atoms with Gasteiger partial charge in [0, 0.05) is 25.0 Å². The van der Waals surface area contributed by atoms with E-state index in [-0.39, 0.29) is 5.91 Å². The molecule has 3 rings (SSSR count). The lowest BCUT2D eigenvalue weighted by atomic mass is 10.1. The van der Waals surface area contributed by atoms with E-state index in [4.69, 9.17) is 4.74 Å². The Hall–Kier alpha value is -2.63. The molecule has 1 aliphatic carbocycles. The van der Waals surface area contributed by atoms with Crippen LogP contribution >= 0.6 is 0 Å². The molecule has 2 N–H and O–H groups in total. The topological polar surface area (TPSA) is 76.1 Å². The number of carbonyl (C=O) groups excluding carboxylic acids is 1. The summed E-state index contributed by atoms with van der Waals surface area (Å²) in [5.41, 5.74) is 1.47. The smallest absolute Gasteiger partial charge is 0.254 e. The first-order valence-electron chi connectivity index (χ1n) is 9.24. The molecule has 1 fully saturated rings. The van der Waals surface area contributed by atoms with E-state index in [0.717, 1.165) is 24.2 Å². The van der Waals surface area contributed by atoms with Gasteiger partial charge in [-0.3, -0.25) is 4.79 Å². The third-order valence-electron chi connectivity index (χ3n) is 4.71. The van der Waals surface area contributed by atoms with E-state index in [2.05, 4.69) is 20.6 Å². The lowest BCUT2D eigenvalue weighted by Gasteiger charge is -2.15. The van der Waals surface area contributed by atoms with Gasteiger partial charge < -0.3 is 15.4 Å². The fourth-order valence-corrected chi connectivity index (χ4v) is 3.15. The summed E-state index contributed by atoms with van der Waals surface area (Å²) in [7, 11) is 1.63. The van der Waals surface area contributed by atoms with Crippen molar-refractivity contribution in [2.45, 2.75) is 51.1 Å². The van der Waals surface area contributed by atoms with Gasteiger partial charge >= 0.3 is 0 Å². The van der Waals surface area contributed by atoms with Crippen LogP contribution in [0.25, 0.3) is 0 Å². The van der Waals surface area contributed by atoms with Crippen LogP contribution in [0.2, 0.25) is 0 Å². The highest BCUT2D eigenvalue weighted by atomic mass is 16.5. The van der Waals surface area contributed by atoms with Gasteiger partial charge in [0.15, 0.2) is 0 Å². The molecular formula is C20H26N4O2. The maximum atomic E-state index is 12.3. The van der Waals surface area contributed by atoms with E-state index >= 15 is 0 Å². The van der Waals surface area contributed by atoms with E-state index in [1.807, 2.05) is 24.3 Å². The molecule has 0 radical (unpaired) electrons. The molecule has 1 aromatic heterocycles. The molecule has 6 heteroatoms. The summed E-state index contributed by atoms with van der Waals surface area (Å²) in [5.74, 6) is 1.22. The number of nitrogens with one attached hydrogen (secondary N) is 2. The van der Waals surface area contributed by atoms with Crippen molar-refractivity contribution < 1.29 is 9.53 Å². The number of benzene rings is 1. The van der Waals surface area contributed by atoms with Crippen LogP contribution in [0.5, 0.6) is 5.75 Å². The SMILES string of the molecule is COc1ccc(CNC(=O)c2cnc(NC3CCCCCC3)nc2)cc1. The Morgan fingerprint density at radius 1 is 1.08 bits per heavy atom. The van der Waals surface area contributed by atoms with Crippen LogP contribution in [-0.4, -0.2) is 29.0 Å². The molecule has 0 bridgehead atoms. The van der Waals surface area contributed by atoms with E-state index in [1.165, 1.54) is 25.7 Å². The Bertz CT molecular complexity index is 693. The van der Waals surface area contributed by atoms with Crippen LogP contribution < -0.4 is 15.4 Å². The second kappa shape index (κ2) is 9.17. The number of anilines is 1. The molecule has 0 spiro atoms. The van der Waals surface area contributed by atoms with Crippen LogP contribution in [-0.2, 0) is 6.54 Å². The van der Waals surface area contributed by atoms with Gasteiger partial charge in [-0.15, -0.1) is 0 Å². The molecule has 1 heterocycles. The number of nitrogens with zero attached hydrogens (tertiary/aromatic N) is 2. The monoisotopic (exact) mass is 354 g/mol. The Balaban J connectivity index is 1.51. The van der Waals surface area contributed by atoms with Gasteiger partial charge in [0.25, 0.3) is 5.91 Å². The molecule has 138 valence electrons. The van der Waals surface area contributed by atoms with Gasteiger partial charge in [0.1, 0.15) is 5.75 Å². The van der Waals surface area contributed by atoms with Crippen molar-refractivity contribution in [1.82, 2.24) is 15.3 Å². The average Bonchev–Trinajstić information content (AvgIpc) is 2.96. The Kier molecular flexibility index (Phi) is 6.41. The summed E-state index contributed by atoms with van der Waals surface area (Å²) in [5, 5.41) is 6.27. The van der Waals surface area contributed by atoms with Gasteiger partial charge in [0.2, 0.25) is 5.95 Å². The van der Waals surface area contributed by atoms with E-state index < -0.39 is 0 Å². The van der Waals surface area contributed by atoms with Crippen LogP contribution in [0.1, 0.15) is 54.4 Å². The van der Waals surface area contributed by atoms with Crippen LogP contribution in [0.3, 0.4) is 0 Å². The minimum atomic E-state index is -0.179. The zero-order valence-corrected chi connectivity index (χ0v) is 15.2. The van der Waals surface area contributed by atoms with Crippen molar-refractivity contribution in [3.05, 3.63) is 47.8 Å². The summed E-state index contributed by atoms with van der Waals surface area (Å²) in [6, 6.07) is 8.04. The Morgan fingerprint density at radius 3 is 2.35 bits per heavy atom. The number of hydrogen-bond donors (Lipinski definition) is 2. The maximum absolute atomic E-state index is 12.3. The summed E-state index contributed by atoms with van der Waals surface area (Å²) >= 11 is 0. The van der Waals surface area contributed by atoms with Crippen molar-refractivity contribution in [2.24, 2.45) is 0 Å². The first-order valence-corrected chi connectivity index (χ1v) is 9.24. The van der Waals surface area contributed by atoms with Crippen molar-refractivity contribution in [3.63, 3.8) is 0 Å². The Morgan fingerprint density at radius 2 is 1.73 bits per heavy atom. The van der Waals surface area contributed by atoms with Crippen LogP contribution in [0, 0.1) is 0 Å². The number of methoxy groups -OCH3 is 1. The molecule has 0 saturated heterocycles. The van der Waals surface area contributed by atoms with Crippen LogP contribution in [0.15, 0.2) is 36.7 Å². The molecular weight excluding hydrogens is 328 g/mol. The molecule has 1 aromatic carbocycles. The number of rotatable bonds is 6. The van der Waals surface area contributed by atoms with Gasteiger partial charge in [-0.2, -0.15) is 0 Å². The fraction of sp³-hybridized carbons (Fsp3) is 0.450. The first-order chi connectivity index (χ1) is 12.7. The molecule has 2 aromatic rings. The third-order valence-corrected chi connectivity index (χ3v) is 4.71. The summed E-state index contributed by atoms with van der Waals surface area (Å²) in [6.07, 6.45) is 10.6. The van der Waals surface area contributed by atoms with Gasteiger partial charge in [-0.25, -0.2) is 9.97 Å². The lowest BCUT2D eigenvalue weighted by Crippen LogP contribution is -2.24. The van der Waals surface area contributed by atoms with E-state index in [0.29, 0.717) is 24.1 Å². The summed E-state index contributed by atoms with van der Waals surface area (Å²) < 4.78 is 5.13. The standard InChI is InChI=1S/C20H26N4O2/c1-26-18-10-8-15(9-11-18)12-21-19(25)16-13-22-20(23-14-16)24-17-6-4-2-3-5-7-17/h8-11,13-14,17H,2-7,12H2,1H3,(H,21,25)(H,22,23,24). The number of hydrogen-bond acceptors (Lipinski definition) is 5. The highest BCUT2D eigenvalue weighted by Crippen LogP contribution is 2.19. The summed E-state index contributed by atoms with van der Waals surface area (Å²) in [4.78, 5) is 20.9. The molecule has 26 heavy (non-hydrogen) atoms.